The quantitative estimate of drug-likeness (QED) is 0.877. The fourth-order valence-electron chi connectivity index (χ4n) is 3.10. The molecule has 0 fully saturated rings. The molecule has 2 N–H and O–H groups in total. The van der Waals surface area contributed by atoms with E-state index in [1.807, 2.05) is 11.7 Å². The Kier molecular flexibility index (Phi) is 2.71. The number of hydrogen-bond acceptors (Lipinski definition) is 2. The maximum absolute atomic E-state index is 5.85. The van der Waals surface area contributed by atoms with Crippen molar-refractivity contribution in [3.05, 3.63) is 41.2 Å². The molecular formula is C15H19N3. The second kappa shape index (κ2) is 4.25. The van der Waals surface area contributed by atoms with E-state index < -0.39 is 0 Å². The first-order valence-corrected chi connectivity index (χ1v) is 6.53. The largest absolute Gasteiger partial charge is 0.330 e. The van der Waals surface area contributed by atoms with Crippen molar-refractivity contribution < 1.29 is 0 Å². The van der Waals surface area contributed by atoms with Crippen LogP contribution in [0.25, 0.3) is 11.1 Å². The monoisotopic (exact) mass is 241 g/mol. The summed E-state index contributed by atoms with van der Waals surface area (Å²) in [5.74, 6) is 0.539. The minimum absolute atomic E-state index is 0.539. The van der Waals surface area contributed by atoms with E-state index in [0.717, 1.165) is 18.7 Å². The van der Waals surface area contributed by atoms with E-state index in [0.29, 0.717) is 5.92 Å². The van der Waals surface area contributed by atoms with E-state index >= 15 is 0 Å². The predicted molar refractivity (Wildman–Crippen MR) is 73.5 cm³/mol. The fraction of sp³-hybridized carbons (Fsp3) is 0.400. The molecule has 1 heterocycles. The lowest BCUT2D eigenvalue weighted by Gasteiger charge is -2.10. The van der Waals surface area contributed by atoms with Crippen molar-refractivity contribution in [2.24, 2.45) is 12.8 Å². The Labute approximate surface area is 108 Å². The summed E-state index contributed by atoms with van der Waals surface area (Å²) >= 11 is 0. The normalized spacial score (nSPS) is 18.1. The van der Waals surface area contributed by atoms with Crippen molar-refractivity contribution in [3.8, 4) is 11.1 Å². The molecule has 1 atom stereocenters. The van der Waals surface area contributed by atoms with Gasteiger partial charge in [-0.2, -0.15) is 5.10 Å². The number of rotatable bonds is 2. The minimum atomic E-state index is 0.539. The Morgan fingerprint density at radius 2 is 2.22 bits per heavy atom. The average molecular weight is 241 g/mol. The van der Waals surface area contributed by atoms with Gasteiger partial charge >= 0.3 is 0 Å². The van der Waals surface area contributed by atoms with Crippen LogP contribution >= 0.6 is 0 Å². The number of fused-ring (bicyclic) bond motifs is 1. The Bertz CT molecular complexity index is 583. The highest BCUT2D eigenvalue weighted by atomic mass is 15.2. The average Bonchev–Trinajstić information content (AvgIpc) is 2.91. The summed E-state index contributed by atoms with van der Waals surface area (Å²) < 4.78 is 1.89. The number of hydrogen-bond donors (Lipinski definition) is 1. The molecule has 2 aromatic rings. The Hall–Kier alpha value is -1.61. The molecule has 18 heavy (non-hydrogen) atoms. The zero-order chi connectivity index (χ0) is 12.7. The first kappa shape index (κ1) is 11.5. The van der Waals surface area contributed by atoms with Crippen LogP contribution in [0.15, 0.2) is 24.4 Å². The summed E-state index contributed by atoms with van der Waals surface area (Å²) in [5.41, 5.74) is 12.5. The van der Waals surface area contributed by atoms with Crippen LogP contribution in [-0.2, 0) is 13.5 Å². The topological polar surface area (TPSA) is 43.8 Å². The van der Waals surface area contributed by atoms with Crippen molar-refractivity contribution in [1.29, 1.82) is 0 Å². The maximum Gasteiger partial charge on any atom is 0.0672 e. The molecule has 1 aliphatic carbocycles. The molecule has 94 valence electrons. The summed E-state index contributed by atoms with van der Waals surface area (Å²) in [6.45, 7) is 2.83. The van der Waals surface area contributed by atoms with Crippen molar-refractivity contribution in [1.82, 2.24) is 9.78 Å². The standard InChI is InChI=1S/C15H19N3/c1-10-15(9-18(2)17-10)13-5-3-4-12-11(8-16)6-7-14(12)13/h3-5,9,11H,6-8,16H2,1-2H3. The van der Waals surface area contributed by atoms with Crippen molar-refractivity contribution >= 4 is 0 Å². The van der Waals surface area contributed by atoms with Crippen molar-refractivity contribution in [3.63, 3.8) is 0 Å². The van der Waals surface area contributed by atoms with Gasteiger partial charge < -0.3 is 5.73 Å². The third-order valence-electron chi connectivity index (χ3n) is 3.98. The molecule has 1 aromatic carbocycles. The van der Waals surface area contributed by atoms with E-state index in [9.17, 15) is 0 Å². The van der Waals surface area contributed by atoms with Crippen LogP contribution in [0.2, 0.25) is 0 Å². The van der Waals surface area contributed by atoms with Crippen LogP contribution in [0.5, 0.6) is 0 Å². The van der Waals surface area contributed by atoms with Crippen LogP contribution in [0.4, 0.5) is 0 Å². The second-order valence-corrected chi connectivity index (χ2v) is 5.15. The zero-order valence-electron chi connectivity index (χ0n) is 11.0. The third kappa shape index (κ3) is 1.66. The molecule has 0 aliphatic heterocycles. The van der Waals surface area contributed by atoms with E-state index in [2.05, 4.69) is 36.4 Å². The van der Waals surface area contributed by atoms with Crippen LogP contribution in [0.3, 0.4) is 0 Å². The second-order valence-electron chi connectivity index (χ2n) is 5.15. The van der Waals surface area contributed by atoms with E-state index in [1.54, 1.807) is 0 Å². The molecular weight excluding hydrogens is 222 g/mol. The van der Waals surface area contributed by atoms with Gasteiger partial charge in [0.05, 0.1) is 5.69 Å². The van der Waals surface area contributed by atoms with Gasteiger partial charge in [-0.25, -0.2) is 0 Å². The van der Waals surface area contributed by atoms with Crippen LogP contribution in [0, 0.1) is 6.92 Å². The van der Waals surface area contributed by atoms with Crippen LogP contribution in [0.1, 0.15) is 29.2 Å². The minimum Gasteiger partial charge on any atom is -0.330 e. The molecule has 3 rings (SSSR count). The summed E-state index contributed by atoms with van der Waals surface area (Å²) in [6.07, 6.45) is 4.44. The Morgan fingerprint density at radius 3 is 2.89 bits per heavy atom. The SMILES string of the molecule is Cc1nn(C)cc1-c1cccc2c1CCC2CN. The Balaban J connectivity index is 2.15. The summed E-state index contributed by atoms with van der Waals surface area (Å²) in [5, 5.41) is 4.44. The number of nitrogens with two attached hydrogens (primary N) is 1. The van der Waals surface area contributed by atoms with Gasteiger partial charge in [-0.05, 0) is 48.9 Å². The van der Waals surface area contributed by atoms with Crippen LogP contribution < -0.4 is 5.73 Å². The molecule has 3 nitrogen and oxygen atoms in total. The molecule has 1 aliphatic rings. The molecule has 3 heteroatoms. The van der Waals surface area contributed by atoms with Gasteiger partial charge in [-0.3, -0.25) is 4.68 Å². The fourth-order valence-corrected chi connectivity index (χ4v) is 3.10. The highest BCUT2D eigenvalue weighted by Gasteiger charge is 2.24. The van der Waals surface area contributed by atoms with Gasteiger partial charge in [0.2, 0.25) is 0 Å². The van der Waals surface area contributed by atoms with E-state index in [1.165, 1.54) is 28.7 Å². The van der Waals surface area contributed by atoms with Crippen LogP contribution in [-0.4, -0.2) is 16.3 Å². The number of nitrogens with zero attached hydrogens (tertiary/aromatic N) is 2. The molecule has 0 amide bonds. The molecule has 0 saturated heterocycles. The highest BCUT2D eigenvalue weighted by molar-refractivity contribution is 5.71. The van der Waals surface area contributed by atoms with E-state index in [4.69, 9.17) is 5.73 Å². The first-order valence-electron chi connectivity index (χ1n) is 6.53. The molecule has 0 radical (unpaired) electrons. The summed E-state index contributed by atoms with van der Waals surface area (Å²) in [4.78, 5) is 0. The lowest BCUT2D eigenvalue weighted by atomic mass is 9.95. The number of aryl methyl sites for hydroxylation is 2. The maximum atomic E-state index is 5.85. The molecule has 1 unspecified atom stereocenters. The number of benzene rings is 1. The predicted octanol–water partition coefficient (Wildman–Crippen LogP) is 2.38. The van der Waals surface area contributed by atoms with Crippen molar-refractivity contribution in [2.75, 3.05) is 6.54 Å². The molecule has 0 saturated carbocycles. The Morgan fingerprint density at radius 1 is 1.39 bits per heavy atom. The molecule has 0 bridgehead atoms. The van der Waals surface area contributed by atoms with Gasteiger partial charge in [0.25, 0.3) is 0 Å². The first-order chi connectivity index (χ1) is 8.70. The third-order valence-corrected chi connectivity index (χ3v) is 3.98. The number of aromatic nitrogens is 2. The van der Waals surface area contributed by atoms with Gasteiger partial charge in [-0.1, -0.05) is 18.2 Å². The molecule has 0 spiro atoms. The van der Waals surface area contributed by atoms with E-state index in [-0.39, 0.29) is 0 Å². The summed E-state index contributed by atoms with van der Waals surface area (Å²) in [6, 6.07) is 6.59. The molecule has 1 aromatic heterocycles. The smallest absolute Gasteiger partial charge is 0.0672 e. The highest BCUT2D eigenvalue weighted by Crippen LogP contribution is 2.38. The van der Waals surface area contributed by atoms with Gasteiger partial charge in [0, 0.05) is 18.8 Å². The summed E-state index contributed by atoms with van der Waals surface area (Å²) in [7, 11) is 1.97. The van der Waals surface area contributed by atoms with Crippen molar-refractivity contribution in [2.45, 2.75) is 25.7 Å². The van der Waals surface area contributed by atoms with Gasteiger partial charge in [0.1, 0.15) is 0 Å². The lowest BCUT2D eigenvalue weighted by molar-refractivity contribution is 0.688. The lowest BCUT2D eigenvalue weighted by Crippen LogP contribution is -2.09. The van der Waals surface area contributed by atoms with Gasteiger partial charge in [0.15, 0.2) is 0 Å². The zero-order valence-corrected chi connectivity index (χ0v) is 11.0. The van der Waals surface area contributed by atoms with Gasteiger partial charge in [-0.15, -0.1) is 0 Å².